The number of rotatable bonds is 7. The van der Waals surface area contributed by atoms with Crippen LogP contribution in [0.3, 0.4) is 0 Å². The highest BCUT2D eigenvalue weighted by molar-refractivity contribution is 5.88. The van der Waals surface area contributed by atoms with Crippen LogP contribution in [0.4, 0.5) is 5.95 Å². The van der Waals surface area contributed by atoms with E-state index in [9.17, 15) is 4.79 Å². The molecule has 6 heteroatoms. The normalized spacial score (nSPS) is 10.5. The predicted molar refractivity (Wildman–Crippen MR) is 102 cm³/mol. The zero-order chi connectivity index (χ0) is 18.4. The van der Waals surface area contributed by atoms with E-state index in [2.05, 4.69) is 33.0 Å². The quantitative estimate of drug-likeness (QED) is 0.503. The van der Waals surface area contributed by atoms with E-state index in [1.54, 1.807) is 0 Å². The third-order valence-corrected chi connectivity index (χ3v) is 3.85. The van der Waals surface area contributed by atoms with Crippen LogP contribution in [0.25, 0.3) is 10.8 Å². The Morgan fingerprint density at radius 3 is 2.58 bits per heavy atom. The van der Waals surface area contributed by atoms with Gasteiger partial charge in [-0.25, -0.2) is 9.97 Å². The molecule has 0 spiro atoms. The van der Waals surface area contributed by atoms with Gasteiger partial charge in [0, 0.05) is 23.2 Å². The summed E-state index contributed by atoms with van der Waals surface area (Å²) in [6.07, 6.45) is 0.965. The van der Waals surface area contributed by atoms with Gasteiger partial charge < -0.3 is 4.74 Å². The Hall–Kier alpha value is -3.15. The van der Waals surface area contributed by atoms with Gasteiger partial charge in [-0.1, -0.05) is 36.4 Å². The molecule has 1 aromatic heterocycles. The Labute approximate surface area is 152 Å². The SMILES string of the molecule is Cc1cc(C)nc(NNC(=O)CCCOc2cccc3ccccc23)n1. The van der Waals surface area contributed by atoms with Crippen LogP contribution in [0.15, 0.2) is 48.5 Å². The first-order valence-corrected chi connectivity index (χ1v) is 8.59. The molecule has 2 N–H and O–H groups in total. The van der Waals surface area contributed by atoms with E-state index in [4.69, 9.17) is 4.74 Å². The molecule has 3 aromatic rings. The van der Waals surface area contributed by atoms with Crippen molar-refractivity contribution in [2.45, 2.75) is 26.7 Å². The average molecular weight is 350 g/mol. The molecule has 6 nitrogen and oxygen atoms in total. The molecule has 0 bridgehead atoms. The highest BCUT2D eigenvalue weighted by Crippen LogP contribution is 2.25. The van der Waals surface area contributed by atoms with Crippen LogP contribution in [0.1, 0.15) is 24.2 Å². The third kappa shape index (κ3) is 4.69. The van der Waals surface area contributed by atoms with E-state index in [-0.39, 0.29) is 5.91 Å². The first kappa shape index (κ1) is 17.7. The maximum absolute atomic E-state index is 11.9. The summed E-state index contributed by atoms with van der Waals surface area (Å²) < 4.78 is 5.84. The topological polar surface area (TPSA) is 76.1 Å². The summed E-state index contributed by atoms with van der Waals surface area (Å²) in [5.74, 6) is 1.10. The van der Waals surface area contributed by atoms with Crippen LogP contribution in [-0.2, 0) is 4.79 Å². The number of aromatic nitrogens is 2. The van der Waals surface area contributed by atoms with Crippen LogP contribution in [0.5, 0.6) is 5.75 Å². The van der Waals surface area contributed by atoms with Crippen molar-refractivity contribution in [3.8, 4) is 5.75 Å². The number of hydrazine groups is 1. The second-order valence-corrected chi connectivity index (χ2v) is 6.08. The number of fused-ring (bicyclic) bond motifs is 1. The van der Waals surface area contributed by atoms with Gasteiger partial charge in [-0.2, -0.15) is 0 Å². The molecule has 0 radical (unpaired) electrons. The van der Waals surface area contributed by atoms with Gasteiger partial charge in [0.05, 0.1) is 6.61 Å². The molecule has 0 saturated carbocycles. The zero-order valence-electron chi connectivity index (χ0n) is 15.0. The molecule has 0 aliphatic carbocycles. The van der Waals surface area contributed by atoms with Crippen LogP contribution in [-0.4, -0.2) is 22.5 Å². The highest BCUT2D eigenvalue weighted by Gasteiger charge is 2.05. The Kier molecular flexibility index (Phi) is 5.63. The fourth-order valence-electron chi connectivity index (χ4n) is 2.71. The standard InChI is InChI=1S/C20H22N4O2/c1-14-13-15(2)22-20(21-14)24-23-19(25)11-6-12-26-18-10-5-8-16-7-3-4-9-17(16)18/h3-5,7-10,13H,6,11-12H2,1-2H3,(H,23,25)(H,21,22,24). The Morgan fingerprint density at radius 2 is 1.77 bits per heavy atom. The zero-order valence-corrected chi connectivity index (χ0v) is 15.0. The van der Waals surface area contributed by atoms with Crippen molar-refractivity contribution in [2.24, 2.45) is 0 Å². The number of nitrogens with zero attached hydrogens (tertiary/aromatic N) is 2. The Balaban J connectivity index is 1.44. The summed E-state index contributed by atoms with van der Waals surface area (Å²) in [6.45, 7) is 4.24. The number of nitrogens with one attached hydrogen (secondary N) is 2. The lowest BCUT2D eigenvalue weighted by Gasteiger charge is -2.10. The fourth-order valence-corrected chi connectivity index (χ4v) is 2.71. The van der Waals surface area contributed by atoms with E-state index in [1.807, 2.05) is 50.2 Å². The number of anilines is 1. The minimum Gasteiger partial charge on any atom is -0.493 e. The molecular formula is C20H22N4O2. The monoisotopic (exact) mass is 350 g/mol. The molecule has 2 aromatic carbocycles. The number of benzene rings is 2. The number of ether oxygens (including phenoxy) is 1. The van der Waals surface area contributed by atoms with Crippen LogP contribution >= 0.6 is 0 Å². The van der Waals surface area contributed by atoms with Gasteiger partial charge in [-0.15, -0.1) is 0 Å². The molecule has 0 fully saturated rings. The molecule has 1 amide bonds. The molecule has 0 aliphatic heterocycles. The minimum atomic E-state index is -0.130. The maximum Gasteiger partial charge on any atom is 0.242 e. The number of aryl methyl sites for hydroxylation is 2. The Morgan fingerprint density at radius 1 is 1.04 bits per heavy atom. The van der Waals surface area contributed by atoms with Gasteiger partial charge in [0.2, 0.25) is 11.9 Å². The van der Waals surface area contributed by atoms with Crippen molar-refractivity contribution in [1.29, 1.82) is 0 Å². The van der Waals surface area contributed by atoms with Crippen molar-refractivity contribution < 1.29 is 9.53 Å². The Bertz CT molecular complexity index is 886. The molecule has 0 unspecified atom stereocenters. The molecular weight excluding hydrogens is 328 g/mol. The average Bonchev–Trinajstić information content (AvgIpc) is 2.63. The summed E-state index contributed by atoms with van der Waals surface area (Å²) in [6, 6.07) is 15.9. The van der Waals surface area contributed by atoms with Crippen molar-refractivity contribution in [3.05, 3.63) is 59.9 Å². The first-order chi connectivity index (χ1) is 12.6. The molecule has 0 aliphatic rings. The summed E-state index contributed by atoms with van der Waals surface area (Å²) >= 11 is 0. The summed E-state index contributed by atoms with van der Waals surface area (Å²) in [4.78, 5) is 20.3. The van der Waals surface area contributed by atoms with Gasteiger partial charge in [0.1, 0.15) is 5.75 Å². The third-order valence-electron chi connectivity index (χ3n) is 3.85. The predicted octanol–water partition coefficient (Wildman–Crippen LogP) is 3.55. The number of amides is 1. The number of carbonyl (C=O) groups excluding carboxylic acids is 1. The van der Waals surface area contributed by atoms with Gasteiger partial charge in [0.25, 0.3) is 0 Å². The fraction of sp³-hybridized carbons (Fsp3) is 0.250. The molecule has 0 saturated heterocycles. The number of carbonyl (C=O) groups is 1. The van der Waals surface area contributed by atoms with Crippen molar-refractivity contribution in [1.82, 2.24) is 15.4 Å². The smallest absolute Gasteiger partial charge is 0.242 e. The van der Waals surface area contributed by atoms with E-state index in [0.717, 1.165) is 27.9 Å². The second-order valence-electron chi connectivity index (χ2n) is 6.08. The summed E-state index contributed by atoms with van der Waals surface area (Å²) in [7, 11) is 0. The lowest BCUT2D eigenvalue weighted by Crippen LogP contribution is -2.30. The number of hydrogen-bond acceptors (Lipinski definition) is 5. The molecule has 0 atom stereocenters. The maximum atomic E-state index is 11.9. The van der Waals surface area contributed by atoms with E-state index in [0.29, 0.717) is 25.4 Å². The van der Waals surface area contributed by atoms with E-state index < -0.39 is 0 Å². The van der Waals surface area contributed by atoms with E-state index in [1.165, 1.54) is 0 Å². The summed E-state index contributed by atoms with van der Waals surface area (Å²) in [5, 5.41) is 2.22. The lowest BCUT2D eigenvalue weighted by molar-refractivity contribution is -0.120. The van der Waals surface area contributed by atoms with Gasteiger partial charge >= 0.3 is 0 Å². The van der Waals surface area contributed by atoms with E-state index >= 15 is 0 Å². The van der Waals surface area contributed by atoms with Crippen molar-refractivity contribution in [2.75, 3.05) is 12.0 Å². The highest BCUT2D eigenvalue weighted by atomic mass is 16.5. The van der Waals surface area contributed by atoms with Crippen LogP contribution in [0.2, 0.25) is 0 Å². The molecule has 3 rings (SSSR count). The minimum absolute atomic E-state index is 0.130. The molecule has 26 heavy (non-hydrogen) atoms. The molecule has 1 heterocycles. The molecule has 134 valence electrons. The van der Waals surface area contributed by atoms with Gasteiger partial charge in [-0.3, -0.25) is 15.6 Å². The van der Waals surface area contributed by atoms with Gasteiger partial charge in [0.15, 0.2) is 0 Å². The lowest BCUT2D eigenvalue weighted by atomic mass is 10.1. The first-order valence-electron chi connectivity index (χ1n) is 8.59. The second kappa shape index (κ2) is 8.29. The van der Waals surface area contributed by atoms with Crippen molar-refractivity contribution >= 4 is 22.6 Å². The van der Waals surface area contributed by atoms with Crippen LogP contribution < -0.4 is 15.6 Å². The largest absolute Gasteiger partial charge is 0.493 e. The summed E-state index contributed by atoms with van der Waals surface area (Å²) in [5.41, 5.74) is 7.05. The van der Waals surface area contributed by atoms with Gasteiger partial charge in [-0.05, 0) is 37.8 Å². The van der Waals surface area contributed by atoms with Crippen molar-refractivity contribution in [3.63, 3.8) is 0 Å². The van der Waals surface area contributed by atoms with Crippen LogP contribution in [0, 0.1) is 13.8 Å². The number of hydrogen-bond donors (Lipinski definition) is 2.